The van der Waals surface area contributed by atoms with Crippen molar-refractivity contribution in [3.63, 3.8) is 0 Å². The summed E-state index contributed by atoms with van der Waals surface area (Å²) >= 11 is 6.40. The van der Waals surface area contributed by atoms with E-state index in [9.17, 15) is 23.3 Å². The van der Waals surface area contributed by atoms with E-state index in [2.05, 4.69) is 22.4 Å². The van der Waals surface area contributed by atoms with Gasteiger partial charge in [0.2, 0.25) is 22.0 Å². The van der Waals surface area contributed by atoms with Gasteiger partial charge in [-0.2, -0.15) is 5.26 Å². The number of methoxy groups -OCH3 is 1. The molecular weight excluding hydrogens is 734 g/mol. The SMILES string of the molecule is C=C[C@@H]1C[C@@]1(C(=O)NS(=O)(=O)C1CC1)[N+]1(C(=O)[C@@H](Oc2cccc(C#N)c2)C2CCCCC2)C[C@H](Oc2ncc(OC)c3ccc(Cl)cc23)C[C@H]1C(N)=O. The van der Waals surface area contributed by atoms with Crippen molar-refractivity contribution in [1.29, 1.82) is 5.26 Å². The number of sulfonamides is 1. The summed E-state index contributed by atoms with van der Waals surface area (Å²) in [5, 5.41) is 10.5. The minimum atomic E-state index is -4.07. The molecule has 1 saturated heterocycles. The second kappa shape index (κ2) is 14.5. The predicted octanol–water partition coefficient (Wildman–Crippen LogP) is 4.70. The maximum Gasteiger partial charge on any atom is 0.356 e. The van der Waals surface area contributed by atoms with Gasteiger partial charge >= 0.3 is 5.91 Å². The monoisotopic (exact) mass is 776 g/mol. The zero-order chi connectivity index (χ0) is 38.4. The number of hydrogen-bond donors (Lipinski definition) is 2. The number of ether oxygens (including phenoxy) is 3. The largest absolute Gasteiger partial charge is 0.494 e. The van der Waals surface area contributed by atoms with Crippen molar-refractivity contribution >= 4 is 50.1 Å². The van der Waals surface area contributed by atoms with Crippen LogP contribution in [0.15, 0.2) is 61.3 Å². The lowest BCUT2D eigenvalue weighted by atomic mass is 9.83. The molecule has 4 fully saturated rings. The Balaban J connectivity index is 1.38. The highest BCUT2D eigenvalue weighted by molar-refractivity contribution is 7.91. The van der Waals surface area contributed by atoms with E-state index in [0.717, 1.165) is 19.3 Å². The number of primary amides is 1. The molecule has 1 aliphatic heterocycles. The zero-order valence-corrected chi connectivity index (χ0v) is 31.5. The highest BCUT2D eigenvalue weighted by Crippen LogP contribution is 2.59. The normalized spacial score (nSPS) is 27.3. The topological polar surface area (TPSA) is 188 Å². The van der Waals surface area contributed by atoms with Gasteiger partial charge in [0.25, 0.3) is 11.8 Å². The van der Waals surface area contributed by atoms with Gasteiger partial charge in [-0.1, -0.05) is 43.0 Å². The van der Waals surface area contributed by atoms with Crippen molar-refractivity contribution < 1.29 is 41.5 Å². The summed E-state index contributed by atoms with van der Waals surface area (Å²) < 4.78 is 46.8. The first-order chi connectivity index (χ1) is 25.9. The van der Waals surface area contributed by atoms with Gasteiger partial charge in [0, 0.05) is 34.1 Å². The van der Waals surface area contributed by atoms with Gasteiger partial charge in [-0.3, -0.25) is 9.59 Å². The molecule has 1 unspecified atom stereocenters. The number of quaternary nitrogens is 1. The summed E-state index contributed by atoms with van der Waals surface area (Å²) in [6.07, 6.45) is 5.60. The van der Waals surface area contributed by atoms with E-state index in [-0.39, 0.29) is 36.9 Å². The quantitative estimate of drug-likeness (QED) is 0.182. The summed E-state index contributed by atoms with van der Waals surface area (Å²) in [4.78, 5) is 48.8. The Morgan fingerprint density at radius 3 is 2.54 bits per heavy atom. The molecule has 6 atom stereocenters. The number of nitriles is 1. The van der Waals surface area contributed by atoms with Crippen LogP contribution in [0.25, 0.3) is 10.8 Å². The molecule has 1 aromatic heterocycles. The third kappa shape index (κ3) is 6.56. The van der Waals surface area contributed by atoms with Gasteiger partial charge in [-0.05, 0) is 62.1 Å². The van der Waals surface area contributed by atoms with E-state index in [0.29, 0.717) is 52.8 Å². The van der Waals surface area contributed by atoms with E-state index in [1.807, 2.05) is 0 Å². The molecule has 3 aromatic rings. The van der Waals surface area contributed by atoms with Crippen molar-refractivity contribution in [2.24, 2.45) is 17.6 Å². The van der Waals surface area contributed by atoms with E-state index in [1.165, 1.54) is 25.4 Å². The fourth-order valence-corrected chi connectivity index (χ4v) is 10.3. The lowest BCUT2D eigenvalue weighted by Crippen LogP contribution is -2.74. The fourth-order valence-electron chi connectivity index (χ4n) is 8.76. The Kier molecular flexibility index (Phi) is 10.1. The minimum Gasteiger partial charge on any atom is -0.494 e. The Morgan fingerprint density at radius 1 is 1.13 bits per heavy atom. The lowest BCUT2D eigenvalue weighted by Gasteiger charge is -2.45. The minimum absolute atomic E-state index is 0.0331. The van der Waals surface area contributed by atoms with Crippen LogP contribution in [-0.4, -0.2) is 78.3 Å². The van der Waals surface area contributed by atoms with Crippen molar-refractivity contribution in [3.05, 3.63) is 71.9 Å². The van der Waals surface area contributed by atoms with E-state index in [1.54, 1.807) is 36.4 Å². The van der Waals surface area contributed by atoms with Gasteiger partial charge in [-0.25, -0.2) is 27.4 Å². The summed E-state index contributed by atoms with van der Waals surface area (Å²) in [6.45, 7) is 3.72. The van der Waals surface area contributed by atoms with Crippen molar-refractivity contribution in [1.82, 2.24) is 9.71 Å². The first-order valence-electron chi connectivity index (χ1n) is 18.2. The van der Waals surface area contributed by atoms with Gasteiger partial charge in [-0.15, -0.1) is 6.58 Å². The summed E-state index contributed by atoms with van der Waals surface area (Å²) in [5.41, 5.74) is 4.77. The molecule has 0 radical (unpaired) electrons. The maximum absolute atomic E-state index is 15.8. The van der Waals surface area contributed by atoms with Crippen LogP contribution in [0.2, 0.25) is 5.02 Å². The van der Waals surface area contributed by atoms with Gasteiger partial charge in [0.15, 0.2) is 17.7 Å². The molecule has 7 rings (SSSR count). The molecule has 3 saturated carbocycles. The zero-order valence-electron chi connectivity index (χ0n) is 29.9. The Bertz CT molecular complexity index is 2170. The number of nitrogens with two attached hydrogens (primary N) is 1. The number of pyridine rings is 1. The molecule has 3 N–H and O–H groups in total. The third-order valence-corrected chi connectivity index (χ3v) is 13.7. The van der Waals surface area contributed by atoms with Gasteiger partial charge in [0.1, 0.15) is 18.0 Å². The molecular formula is C39H43ClN5O8S+. The molecule has 2 aromatic carbocycles. The first kappa shape index (κ1) is 37.6. The average molecular weight is 777 g/mol. The number of benzene rings is 2. The average Bonchev–Trinajstić information content (AvgIpc) is 4.11. The van der Waals surface area contributed by atoms with Crippen LogP contribution >= 0.6 is 11.6 Å². The third-order valence-electron chi connectivity index (χ3n) is 11.6. The molecule has 0 bridgehead atoms. The Labute approximate surface area is 319 Å². The Hall–Kier alpha value is -4.71. The van der Waals surface area contributed by atoms with Gasteiger partial charge in [0.05, 0.1) is 36.6 Å². The van der Waals surface area contributed by atoms with Crippen molar-refractivity contribution in [2.75, 3.05) is 13.7 Å². The van der Waals surface area contributed by atoms with Gasteiger partial charge < -0.3 is 19.9 Å². The highest BCUT2D eigenvalue weighted by atomic mass is 35.5. The molecule has 284 valence electrons. The molecule has 3 aliphatic carbocycles. The number of carbonyl (C=O) groups excluding carboxylic acids is 3. The standard InChI is InChI=1S/C39H42ClN5O8S/c1-3-25-19-39(25,38(48)44-54(49,50)29-13-14-29)45(37(47)34(24-9-5-4-6-10-24)52-27-11-7-8-23(16-27)20-41)22-28(18-32(45)35(42)46)53-36-31-17-26(40)12-15-30(31)33(51-2)21-43-36/h3,7-8,11-12,15-17,21,24-25,28-29,32,34H,1,4-6,9-10,13-14,18-19,22H2,2H3,(H2-,42,44,46,48)/p+1/t25-,28-,32+,34+,39-,45?/m1/s1. The summed E-state index contributed by atoms with van der Waals surface area (Å²) in [7, 11) is -2.56. The number of nitrogens with one attached hydrogen (secondary N) is 1. The molecule has 54 heavy (non-hydrogen) atoms. The second-order valence-electron chi connectivity index (χ2n) is 14.8. The van der Waals surface area contributed by atoms with Crippen LogP contribution in [0.5, 0.6) is 17.4 Å². The molecule has 4 aliphatic rings. The molecule has 2 heterocycles. The number of nitrogens with zero attached hydrogens (tertiary/aromatic N) is 3. The van der Waals surface area contributed by atoms with E-state index in [4.69, 9.17) is 31.5 Å². The van der Waals surface area contributed by atoms with Crippen LogP contribution in [0.4, 0.5) is 0 Å². The van der Waals surface area contributed by atoms with Crippen molar-refractivity contribution in [3.8, 4) is 23.4 Å². The van der Waals surface area contributed by atoms with Crippen molar-refractivity contribution in [2.45, 2.75) is 86.8 Å². The van der Waals surface area contributed by atoms with Crippen LogP contribution < -0.4 is 24.7 Å². The molecule has 0 spiro atoms. The summed E-state index contributed by atoms with van der Waals surface area (Å²) in [5.74, 6) is -2.43. The van der Waals surface area contributed by atoms with E-state index >= 15 is 4.79 Å². The number of carbonyl (C=O) groups is 3. The van der Waals surface area contributed by atoms with Crippen LogP contribution in [-0.2, 0) is 24.4 Å². The van der Waals surface area contributed by atoms with E-state index < -0.39 is 67.2 Å². The maximum atomic E-state index is 15.8. The fraction of sp³-hybridized carbons (Fsp3) is 0.462. The van der Waals surface area contributed by atoms with Crippen LogP contribution in [0.1, 0.15) is 63.4 Å². The highest BCUT2D eigenvalue weighted by Gasteiger charge is 2.81. The first-order valence-corrected chi connectivity index (χ1v) is 20.2. The molecule has 3 amide bonds. The number of likely N-dealkylation sites (tertiary alicyclic amines) is 1. The number of rotatable bonds is 13. The summed E-state index contributed by atoms with van der Waals surface area (Å²) in [6, 6.07) is 12.4. The second-order valence-corrected chi connectivity index (χ2v) is 17.2. The number of halogens is 1. The number of amides is 3. The smallest absolute Gasteiger partial charge is 0.356 e. The predicted molar refractivity (Wildman–Crippen MR) is 199 cm³/mol. The van der Waals surface area contributed by atoms with Crippen LogP contribution in [0.3, 0.4) is 0 Å². The molecule has 13 nitrogen and oxygen atoms in total. The number of aromatic nitrogens is 1. The number of hydrogen-bond acceptors (Lipinski definition) is 10. The Morgan fingerprint density at radius 2 is 1.89 bits per heavy atom. The number of fused-ring (bicyclic) bond motifs is 1. The molecule has 15 heteroatoms. The lowest BCUT2D eigenvalue weighted by molar-refractivity contribution is -0.887. The van der Waals surface area contributed by atoms with Crippen LogP contribution in [0, 0.1) is 23.2 Å².